The van der Waals surface area contributed by atoms with E-state index in [4.69, 9.17) is 4.52 Å². The fourth-order valence-electron chi connectivity index (χ4n) is 2.68. The maximum Gasteiger partial charge on any atom is 0.260 e. The van der Waals surface area contributed by atoms with Crippen LogP contribution >= 0.6 is 12.4 Å². The lowest BCUT2D eigenvalue weighted by atomic mass is 9.97. The van der Waals surface area contributed by atoms with Gasteiger partial charge in [-0.3, -0.25) is 9.59 Å². The van der Waals surface area contributed by atoms with Crippen LogP contribution < -0.4 is 16.0 Å². The number of aryl methyl sites for hydroxylation is 1. The molecule has 0 radical (unpaired) electrons. The Hall–Kier alpha value is -2.38. The number of hydrogen-bond donors (Lipinski definition) is 3. The summed E-state index contributed by atoms with van der Waals surface area (Å²) in [5.74, 6) is 0.300. The lowest BCUT2D eigenvalue weighted by molar-refractivity contribution is -0.120. The molecule has 1 aliphatic rings. The first-order chi connectivity index (χ1) is 11.6. The number of nitrogens with one attached hydrogen (secondary N) is 3. The molecule has 134 valence electrons. The highest BCUT2D eigenvalue weighted by Crippen LogP contribution is 2.18. The molecule has 0 saturated carbocycles. The summed E-state index contributed by atoms with van der Waals surface area (Å²) < 4.78 is 4.88. The minimum Gasteiger partial charge on any atom is -0.361 e. The standard InChI is InChI=1S/C17H20N4O3.ClH/c1-11-15(10-19-24-11)17(23)21-14-4-2-13(3-5-14)20-16(22)12-6-8-18-9-7-12;/h2-5,10,12,18H,6-9H2,1H3,(H,20,22)(H,21,23);1H. The molecule has 2 amide bonds. The van der Waals surface area contributed by atoms with Crippen LogP contribution in [0.25, 0.3) is 0 Å². The number of piperidine rings is 1. The van der Waals surface area contributed by atoms with E-state index in [0.717, 1.165) is 31.6 Å². The smallest absolute Gasteiger partial charge is 0.260 e. The highest BCUT2D eigenvalue weighted by Gasteiger charge is 2.20. The molecule has 3 rings (SSSR count). The molecule has 0 aliphatic carbocycles. The predicted octanol–water partition coefficient (Wildman–Crippen LogP) is 2.60. The molecule has 0 bridgehead atoms. The molecule has 7 nitrogen and oxygen atoms in total. The number of rotatable bonds is 4. The van der Waals surface area contributed by atoms with Gasteiger partial charge in [-0.25, -0.2) is 0 Å². The second-order valence-electron chi connectivity index (χ2n) is 5.84. The normalized spacial score (nSPS) is 14.4. The van der Waals surface area contributed by atoms with Crippen LogP contribution in [0, 0.1) is 12.8 Å². The number of carbonyl (C=O) groups is 2. The Bertz CT molecular complexity index is 724. The molecule has 2 aromatic rings. The fourth-order valence-corrected chi connectivity index (χ4v) is 2.68. The molecule has 0 spiro atoms. The molecule has 3 N–H and O–H groups in total. The molecule has 2 heterocycles. The zero-order valence-electron chi connectivity index (χ0n) is 13.9. The van der Waals surface area contributed by atoms with Crippen molar-refractivity contribution in [2.75, 3.05) is 23.7 Å². The first-order valence-electron chi connectivity index (χ1n) is 7.98. The number of aromatic nitrogens is 1. The summed E-state index contributed by atoms with van der Waals surface area (Å²) in [6.07, 6.45) is 3.11. The largest absolute Gasteiger partial charge is 0.361 e. The van der Waals surface area contributed by atoms with Crippen molar-refractivity contribution in [3.05, 3.63) is 41.8 Å². The quantitative estimate of drug-likeness (QED) is 0.774. The van der Waals surface area contributed by atoms with Crippen molar-refractivity contribution in [2.24, 2.45) is 5.92 Å². The van der Waals surface area contributed by atoms with Gasteiger partial charge in [-0.05, 0) is 57.1 Å². The van der Waals surface area contributed by atoms with Gasteiger partial charge in [-0.15, -0.1) is 12.4 Å². The van der Waals surface area contributed by atoms with Crippen LogP contribution in [0.5, 0.6) is 0 Å². The van der Waals surface area contributed by atoms with Gasteiger partial charge in [-0.2, -0.15) is 0 Å². The number of nitrogens with zero attached hydrogens (tertiary/aromatic N) is 1. The van der Waals surface area contributed by atoms with Gasteiger partial charge in [0, 0.05) is 17.3 Å². The van der Waals surface area contributed by atoms with Gasteiger partial charge < -0.3 is 20.5 Å². The topological polar surface area (TPSA) is 96.3 Å². The Morgan fingerprint density at radius 1 is 1.12 bits per heavy atom. The lowest BCUT2D eigenvalue weighted by Crippen LogP contribution is -2.34. The molecular weight excluding hydrogens is 344 g/mol. The van der Waals surface area contributed by atoms with E-state index in [0.29, 0.717) is 17.0 Å². The predicted molar refractivity (Wildman–Crippen MR) is 97.1 cm³/mol. The van der Waals surface area contributed by atoms with Gasteiger partial charge in [0.2, 0.25) is 5.91 Å². The van der Waals surface area contributed by atoms with Crippen LogP contribution in [0.2, 0.25) is 0 Å². The lowest BCUT2D eigenvalue weighted by Gasteiger charge is -2.21. The van der Waals surface area contributed by atoms with E-state index >= 15 is 0 Å². The molecular formula is C17H21ClN4O3. The van der Waals surface area contributed by atoms with Gasteiger partial charge in [0.1, 0.15) is 11.3 Å². The summed E-state index contributed by atoms with van der Waals surface area (Å²) in [6.45, 7) is 3.44. The third-order valence-corrected chi connectivity index (χ3v) is 4.12. The van der Waals surface area contributed by atoms with Crippen LogP contribution in [0.1, 0.15) is 29.0 Å². The monoisotopic (exact) mass is 364 g/mol. The van der Waals surface area contributed by atoms with E-state index in [2.05, 4.69) is 21.1 Å². The fraction of sp³-hybridized carbons (Fsp3) is 0.353. The first-order valence-corrected chi connectivity index (χ1v) is 7.98. The van der Waals surface area contributed by atoms with Crippen molar-refractivity contribution in [3.63, 3.8) is 0 Å². The van der Waals surface area contributed by atoms with Crippen molar-refractivity contribution < 1.29 is 14.1 Å². The van der Waals surface area contributed by atoms with E-state index < -0.39 is 0 Å². The van der Waals surface area contributed by atoms with Gasteiger partial charge in [0.25, 0.3) is 5.91 Å². The van der Waals surface area contributed by atoms with Gasteiger partial charge in [0.15, 0.2) is 0 Å². The number of hydrogen-bond acceptors (Lipinski definition) is 5. The van der Waals surface area contributed by atoms with Crippen molar-refractivity contribution in [3.8, 4) is 0 Å². The molecule has 0 atom stereocenters. The van der Waals surface area contributed by atoms with Crippen LogP contribution in [-0.2, 0) is 4.79 Å². The summed E-state index contributed by atoms with van der Waals surface area (Å²) in [5.41, 5.74) is 1.76. The summed E-state index contributed by atoms with van der Waals surface area (Å²) >= 11 is 0. The highest BCUT2D eigenvalue weighted by atomic mass is 35.5. The van der Waals surface area contributed by atoms with Crippen LogP contribution in [0.3, 0.4) is 0 Å². The van der Waals surface area contributed by atoms with E-state index in [-0.39, 0.29) is 30.1 Å². The minimum atomic E-state index is -0.278. The van der Waals surface area contributed by atoms with Gasteiger partial charge in [-0.1, -0.05) is 5.16 Å². The maximum absolute atomic E-state index is 12.2. The van der Waals surface area contributed by atoms with Gasteiger partial charge >= 0.3 is 0 Å². The van der Waals surface area contributed by atoms with Crippen LogP contribution in [0.4, 0.5) is 11.4 Å². The van der Waals surface area contributed by atoms with E-state index in [1.54, 1.807) is 31.2 Å². The van der Waals surface area contributed by atoms with E-state index in [9.17, 15) is 9.59 Å². The Labute approximate surface area is 151 Å². The molecule has 8 heteroatoms. The van der Waals surface area contributed by atoms with Crippen LogP contribution in [-0.4, -0.2) is 30.1 Å². The molecule has 1 saturated heterocycles. The highest BCUT2D eigenvalue weighted by molar-refractivity contribution is 6.04. The summed E-state index contributed by atoms with van der Waals surface area (Å²) in [6, 6.07) is 7.04. The molecule has 1 aliphatic heterocycles. The minimum absolute atomic E-state index is 0. The van der Waals surface area contributed by atoms with Crippen molar-refractivity contribution in [2.45, 2.75) is 19.8 Å². The summed E-state index contributed by atoms with van der Waals surface area (Å²) in [5, 5.41) is 12.5. The average Bonchev–Trinajstić information content (AvgIpc) is 3.03. The van der Waals surface area contributed by atoms with Crippen molar-refractivity contribution in [1.29, 1.82) is 0 Å². The number of carbonyl (C=O) groups excluding carboxylic acids is 2. The molecule has 1 fully saturated rings. The zero-order valence-corrected chi connectivity index (χ0v) is 14.7. The first kappa shape index (κ1) is 19.0. The molecule has 1 aromatic heterocycles. The SMILES string of the molecule is Cc1oncc1C(=O)Nc1ccc(NC(=O)C2CCNCC2)cc1.Cl. The summed E-state index contributed by atoms with van der Waals surface area (Å²) in [7, 11) is 0. The second kappa shape index (κ2) is 8.64. The number of halogens is 1. The molecule has 25 heavy (non-hydrogen) atoms. The number of anilines is 2. The molecule has 1 aromatic carbocycles. The second-order valence-corrected chi connectivity index (χ2v) is 5.84. The number of amides is 2. The Morgan fingerprint density at radius 2 is 1.72 bits per heavy atom. The van der Waals surface area contributed by atoms with E-state index in [1.165, 1.54) is 6.20 Å². The maximum atomic E-state index is 12.2. The average molecular weight is 365 g/mol. The van der Waals surface area contributed by atoms with Crippen molar-refractivity contribution in [1.82, 2.24) is 10.5 Å². The Balaban J connectivity index is 0.00000225. The number of benzene rings is 1. The molecule has 0 unspecified atom stereocenters. The summed E-state index contributed by atoms with van der Waals surface area (Å²) in [4.78, 5) is 24.3. The van der Waals surface area contributed by atoms with E-state index in [1.807, 2.05) is 0 Å². The van der Waals surface area contributed by atoms with Gasteiger partial charge in [0.05, 0.1) is 6.20 Å². The Morgan fingerprint density at radius 3 is 2.28 bits per heavy atom. The van der Waals surface area contributed by atoms with Crippen LogP contribution in [0.15, 0.2) is 35.0 Å². The van der Waals surface area contributed by atoms with Crippen molar-refractivity contribution >= 4 is 35.6 Å². The zero-order chi connectivity index (χ0) is 16.9. The third kappa shape index (κ3) is 4.80. The Kier molecular flexibility index (Phi) is 6.55. The third-order valence-electron chi connectivity index (χ3n) is 4.12.